The van der Waals surface area contributed by atoms with Gasteiger partial charge in [-0.2, -0.15) is 0 Å². The van der Waals surface area contributed by atoms with Crippen LogP contribution in [-0.4, -0.2) is 80.6 Å². The van der Waals surface area contributed by atoms with E-state index < -0.39 is 18.1 Å². The fourth-order valence-electron chi connectivity index (χ4n) is 7.80. The Labute approximate surface area is 383 Å². The molecule has 8 heteroatoms. The second-order valence-corrected chi connectivity index (χ2v) is 18.8. The molecule has 0 radical (unpaired) electrons. The SMILES string of the molecule is CCCCCCC/C=C/C=C/C=C/CCCCCCCC(=O)OC(COCCC(C(=O)O)[N+](C)(C)C)COC(=O)CCCCCCCCCCCCCCCCCCCCCC. The number of carbonyl (C=O) groups excluding carboxylic acids is 2. The fourth-order valence-corrected chi connectivity index (χ4v) is 7.80. The molecular weight excluding hydrogens is 775 g/mol. The number of likely N-dealkylation sites (N-methyl/N-ethyl adjacent to an activating group) is 1. The van der Waals surface area contributed by atoms with Crippen molar-refractivity contribution in [1.29, 1.82) is 0 Å². The predicted molar refractivity (Wildman–Crippen MR) is 261 cm³/mol. The van der Waals surface area contributed by atoms with Gasteiger partial charge < -0.3 is 23.8 Å². The molecule has 0 fully saturated rings. The first-order valence-corrected chi connectivity index (χ1v) is 26.1. The molecule has 0 saturated carbocycles. The number of hydrogen-bond acceptors (Lipinski definition) is 6. The van der Waals surface area contributed by atoms with Gasteiger partial charge in [-0.15, -0.1) is 0 Å². The molecule has 0 aromatic rings. The average Bonchev–Trinajstić information content (AvgIpc) is 3.23. The lowest BCUT2D eigenvalue weighted by Crippen LogP contribution is -2.50. The summed E-state index contributed by atoms with van der Waals surface area (Å²) in [6, 6.07) is -0.618. The molecule has 62 heavy (non-hydrogen) atoms. The van der Waals surface area contributed by atoms with Gasteiger partial charge in [-0.05, 0) is 38.5 Å². The van der Waals surface area contributed by atoms with Crippen LogP contribution in [0.25, 0.3) is 0 Å². The van der Waals surface area contributed by atoms with E-state index in [2.05, 4.69) is 50.3 Å². The summed E-state index contributed by atoms with van der Waals surface area (Å²) in [7, 11) is 5.53. The number of hydrogen-bond donors (Lipinski definition) is 1. The summed E-state index contributed by atoms with van der Waals surface area (Å²) in [6.45, 7) is 4.73. The van der Waals surface area contributed by atoms with Crippen LogP contribution in [0.2, 0.25) is 0 Å². The maximum absolute atomic E-state index is 12.8. The summed E-state index contributed by atoms with van der Waals surface area (Å²) in [5, 5.41) is 9.65. The zero-order valence-corrected chi connectivity index (χ0v) is 41.3. The van der Waals surface area contributed by atoms with Crippen LogP contribution < -0.4 is 0 Å². The van der Waals surface area contributed by atoms with Gasteiger partial charge >= 0.3 is 17.9 Å². The zero-order chi connectivity index (χ0) is 45.6. The van der Waals surface area contributed by atoms with Crippen molar-refractivity contribution in [2.45, 2.75) is 251 Å². The first-order valence-electron chi connectivity index (χ1n) is 26.1. The second kappa shape index (κ2) is 45.1. The highest BCUT2D eigenvalue weighted by Gasteiger charge is 2.31. The molecule has 0 rings (SSSR count). The van der Waals surface area contributed by atoms with E-state index in [1.165, 1.54) is 141 Å². The number of unbranched alkanes of at least 4 members (excludes halogenated alkanes) is 29. The molecule has 362 valence electrons. The molecule has 0 aliphatic heterocycles. The lowest BCUT2D eigenvalue weighted by molar-refractivity contribution is -0.887. The summed E-state index contributed by atoms with van der Waals surface area (Å²) in [5.74, 6) is -1.48. The van der Waals surface area contributed by atoms with Crippen molar-refractivity contribution >= 4 is 17.9 Å². The van der Waals surface area contributed by atoms with Crippen LogP contribution in [0.1, 0.15) is 239 Å². The van der Waals surface area contributed by atoms with E-state index in [1.807, 2.05) is 21.1 Å². The third-order valence-electron chi connectivity index (χ3n) is 11.9. The average molecular weight is 875 g/mol. The molecule has 1 N–H and O–H groups in total. The number of carboxylic acid groups (broad SMARTS) is 1. The number of nitrogens with zero attached hydrogens (tertiary/aromatic N) is 1. The molecule has 8 nitrogen and oxygen atoms in total. The van der Waals surface area contributed by atoms with Gasteiger partial charge in [0.05, 0.1) is 34.4 Å². The van der Waals surface area contributed by atoms with Crippen LogP contribution in [0.4, 0.5) is 0 Å². The Bertz CT molecular complexity index is 1110. The summed E-state index contributed by atoms with van der Waals surface area (Å²) >= 11 is 0. The third kappa shape index (κ3) is 42.8. The van der Waals surface area contributed by atoms with Crippen LogP contribution in [0.5, 0.6) is 0 Å². The Morgan fingerprint density at radius 3 is 1.24 bits per heavy atom. The first kappa shape index (κ1) is 59.5. The minimum atomic E-state index is -0.876. The molecule has 0 spiro atoms. The standard InChI is InChI=1S/C54H99NO7/c1-6-8-10-12-14-16-18-20-22-24-26-27-29-30-32-34-36-38-40-42-44-52(56)61-49-50(48-60-47-46-51(54(58)59)55(3,4)5)62-53(57)45-43-41-39-37-35-33-31-28-25-23-21-19-17-15-13-11-9-7-2/h19,21,23,25,28,31,50-51H,6-18,20,22,24,26-27,29-30,32-49H2,1-5H3/p+1/b21-19+,25-23+,31-28+. The minimum Gasteiger partial charge on any atom is -0.477 e. The molecule has 2 unspecified atom stereocenters. The van der Waals surface area contributed by atoms with E-state index in [0.717, 1.165) is 64.2 Å². The summed E-state index contributed by atoms with van der Waals surface area (Å²) in [6.07, 6.45) is 53.3. The summed E-state index contributed by atoms with van der Waals surface area (Å²) in [4.78, 5) is 37.2. The number of rotatable bonds is 47. The molecular formula is C54H100NO7+. The first-order chi connectivity index (χ1) is 30.1. The van der Waals surface area contributed by atoms with Gasteiger partial charge in [0, 0.05) is 19.3 Å². The number of esters is 2. The Morgan fingerprint density at radius 1 is 0.484 bits per heavy atom. The Kier molecular flexibility index (Phi) is 43.3. The van der Waals surface area contributed by atoms with Crippen molar-refractivity contribution in [3.63, 3.8) is 0 Å². The monoisotopic (exact) mass is 875 g/mol. The van der Waals surface area contributed by atoms with Crippen LogP contribution in [0, 0.1) is 0 Å². The molecule has 0 saturated heterocycles. The van der Waals surface area contributed by atoms with E-state index in [0.29, 0.717) is 19.3 Å². The van der Waals surface area contributed by atoms with Crippen molar-refractivity contribution in [2.24, 2.45) is 0 Å². The van der Waals surface area contributed by atoms with Gasteiger partial charge in [0.2, 0.25) is 0 Å². The van der Waals surface area contributed by atoms with Crippen LogP contribution in [0.3, 0.4) is 0 Å². The van der Waals surface area contributed by atoms with E-state index in [-0.39, 0.29) is 36.2 Å². The number of aliphatic carboxylic acids is 1. The number of quaternary nitrogens is 1. The molecule has 0 aromatic carbocycles. The van der Waals surface area contributed by atoms with E-state index in [4.69, 9.17) is 14.2 Å². The highest BCUT2D eigenvalue weighted by atomic mass is 16.6. The minimum absolute atomic E-state index is 0.0555. The molecule has 0 bridgehead atoms. The molecule has 0 aliphatic carbocycles. The van der Waals surface area contributed by atoms with Crippen molar-refractivity contribution in [3.05, 3.63) is 36.5 Å². The number of carboxylic acids is 1. The smallest absolute Gasteiger partial charge is 0.362 e. The van der Waals surface area contributed by atoms with Crippen LogP contribution >= 0.6 is 0 Å². The summed E-state index contributed by atoms with van der Waals surface area (Å²) < 4.78 is 17.3. The lowest BCUT2D eigenvalue weighted by Gasteiger charge is -2.31. The normalized spacial score (nSPS) is 13.1. The molecule has 0 aromatic heterocycles. The zero-order valence-electron chi connectivity index (χ0n) is 41.3. The quantitative estimate of drug-likeness (QED) is 0.0281. The summed E-state index contributed by atoms with van der Waals surface area (Å²) in [5.41, 5.74) is 0. The number of ether oxygens (including phenoxy) is 3. The fraction of sp³-hybridized carbons (Fsp3) is 0.833. The molecule has 0 amide bonds. The van der Waals surface area contributed by atoms with Gasteiger partial charge in [-0.3, -0.25) is 9.59 Å². The van der Waals surface area contributed by atoms with Crippen molar-refractivity contribution in [1.82, 2.24) is 0 Å². The van der Waals surface area contributed by atoms with E-state index in [1.54, 1.807) is 0 Å². The Balaban J connectivity index is 4.25. The van der Waals surface area contributed by atoms with Gasteiger partial charge in [0.25, 0.3) is 0 Å². The van der Waals surface area contributed by atoms with Crippen LogP contribution in [0.15, 0.2) is 36.5 Å². The van der Waals surface area contributed by atoms with Crippen molar-refractivity contribution in [2.75, 3.05) is 41.0 Å². The van der Waals surface area contributed by atoms with Gasteiger partial charge in [0.15, 0.2) is 12.1 Å². The molecule has 0 aliphatic rings. The third-order valence-corrected chi connectivity index (χ3v) is 11.9. The van der Waals surface area contributed by atoms with E-state index in [9.17, 15) is 19.5 Å². The number of allylic oxidation sites excluding steroid dienone is 6. The van der Waals surface area contributed by atoms with Gasteiger partial charge in [0.1, 0.15) is 6.61 Å². The van der Waals surface area contributed by atoms with Crippen molar-refractivity contribution in [3.8, 4) is 0 Å². The van der Waals surface area contributed by atoms with Crippen molar-refractivity contribution < 1.29 is 38.2 Å². The van der Waals surface area contributed by atoms with E-state index >= 15 is 0 Å². The number of carbonyl (C=O) groups is 3. The second-order valence-electron chi connectivity index (χ2n) is 18.8. The topological polar surface area (TPSA) is 99.1 Å². The largest absolute Gasteiger partial charge is 0.477 e. The Morgan fingerprint density at radius 2 is 0.855 bits per heavy atom. The lowest BCUT2D eigenvalue weighted by atomic mass is 10.0. The van der Waals surface area contributed by atoms with Gasteiger partial charge in [-0.25, -0.2) is 4.79 Å². The van der Waals surface area contributed by atoms with Crippen LogP contribution in [-0.2, 0) is 28.6 Å². The Hall–Kier alpha value is -2.45. The maximum Gasteiger partial charge on any atom is 0.362 e. The highest BCUT2D eigenvalue weighted by molar-refractivity contribution is 5.72. The molecule has 2 atom stereocenters. The van der Waals surface area contributed by atoms with Gasteiger partial charge in [-0.1, -0.05) is 217 Å². The predicted octanol–water partition coefficient (Wildman–Crippen LogP) is 15.0. The maximum atomic E-state index is 12.8. The highest BCUT2D eigenvalue weighted by Crippen LogP contribution is 2.16. The molecule has 0 heterocycles.